The molecule has 0 radical (unpaired) electrons. The van der Waals surface area contributed by atoms with Crippen LogP contribution in [0.2, 0.25) is 0 Å². The maximum Gasteiger partial charge on any atom is 0.323 e. The number of nitrogens with one attached hydrogen (secondary N) is 4. The van der Waals surface area contributed by atoms with Gasteiger partial charge in [0.1, 0.15) is 0 Å². The first kappa shape index (κ1) is 20.7. The first-order chi connectivity index (χ1) is 14.5. The van der Waals surface area contributed by atoms with Crippen LogP contribution in [0.15, 0.2) is 71.3 Å². The summed E-state index contributed by atoms with van der Waals surface area (Å²) >= 11 is 0. The molecule has 154 valence electrons. The first-order valence-corrected chi connectivity index (χ1v) is 9.36. The summed E-state index contributed by atoms with van der Waals surface area (Å²) in [5.74, 6) is -0.401. The Labute approximate surface area is 173 Å². The molecule has 30 heavy (non-hydrogen) atoms. The van der Waals surface area contributed by atoms with Crippen LogP contribution in [0.3, 0.4) is 0 Å². The van der Waals surface area contributed by atoms with Crippen LogP contribution < -0.4 is 21.3 Å². The zero-order chi connectivity index (χ0) is 21.3. The Morgan fingerprint density at radius 3 is 1.90 bits per heavy atom. The van der Waals surface area contributed by atoms with Gasteiger partial charge in [0.2, 0.25) is 0 Å². The highest BCUT2D eigenvalue weighted by Crippen LogP contribution is 2.12. The van der Waals surface area contributed by atoms with Gasteiger partial charge < -0.3 is 25.7 Å². The highest BCUT2D eigenvalue weighted by atomic mass is 16.3. The highest BCUT2D eigenvalue weighted by molar-refractivity contribution is 6.00. The van der Waals surface area contributed by atoms with E-state index in [0.717, 1.165) is 5.56 Å². The molecular weight excluding hydrogens is 384 g/mol. The Balaban J connectivity index is 1.41. The van der Waals surface area contributed by atoms with Gasteiger partial charge >= 0.3 is 6.03 Å². The van der Waals surface area contributed by atoms with Crippen LogP contribution in [0.5, 0.6) is 0 Å². The fraction of sp³-hybridized carbons (Fsp3) is 0.136. The molecule has 0 fully saturated rings. The number of hydrogen-bond acceptors (Lipinski definition) is 4. The predicted octanol–water partition coefficient (Wildman–Crippen LogP) is 3.39. The molecule has 4 amide bonds. The Kier molecular flexibility index (Phi) is 6.83. The largest absolute Gasteiger partial charge is 0.459 e. The third-order valence-corrected chi connectivity index (χ3v) is 4.16. The molecule has 0 aliphatic heterocycles. The first-order valence-electron chi connectivity index (χ1n) is 9.36. The summed E-state index contributed by atoms with van der Waals surface area (Å²) < 4.78 is 4.99. The van der Waals surface area contributed by atoms with Crippen LogP contribution in [0.25, 0.3) is 0 Å². The van der Waals surface area contributed by atoms with Gasteiger partial charge in [0, 0.05) is 30.0 Å². The normalized spacial score (nSPS) is 10.2. The molecular formula is C22H22N4O4. The molecule has 8 heteroatoms. The second-order valence-corrected chi connectivity index (χ2v) is 6.51. The molecule has 3 aromatic rings. The zero-order valence-electron chi connectivity index (χ0n) is 16.4. The minimum Gasteiger partial charge on any atom is -0.459 e. The van der Waals surface area contributed by atoms with Gasteiger partial charge in [-0.05, 0) is 55.5 Å². The third kappa shape index (κ3) is 5.96. The fourth-order valence-electron chi connectivity index (χ4n) is 2.58. The van der Waals surface area contributed by atoms with E-state index in [2.05, 4.69) is 21.3 Å². The summed E-state index contributed by atoms with van der Waals surface area (Å²) in [4.78, 5) is 36.0. The van der Waals surface area contributed by atoms with Crippen LogP contribution in [0.4, 0.5) is 16.2 Å². The van der Waals surface area contributed by atoms with Crippen molar-refractivity contribution in [3.8, 4) is 0 Å². The van der Waals surface area contributed by atoms with Gasteiger partial charge in [-0.3, -0.25) is 9.59 Å². The van der Waals surface area contributed by atoms with Gasteiger partial charge in [0.15, 0.2) is 5.76 Å². The Morgan fingerprint density at radius 2 is 1.33 bits per heavy atom. The smallest absolute Gasteiger partial charge is 0.323 e. The molecule has 3 rings (SSSR count). The van der Waals surface area contributed by atoms with E-state index in [1.807, 2.05) is 31.2 Å². The number of furan rings is 1. The lowest BCUT2D eigenvalue weighted by atomic mass is 10.2. The molecule has 4 N–H and O–H groups in total. The second-order valence-electron chi connectivity index (χ2n) is 6.51. The van der Waals surface area contributed by atoms with Crippen molar-refractivity contribution in [3.05, 3.63) is 83.8 Å². The number of urea groups is 1. The molecule has 0 atom stereocenters. The average molecular weight is 406 g/mol. The van der Waals surface area contributed by atoms with Crippen molar-refractivity contribution >= 4 is 29.2 Å². The molecule has 0 aliphatic rings. The van der Waals surface area contributed by atoms with Gasteiger partial charge in [0.25, 0.3) is 11.8 Å². The van der Waals surface area contributed by atoms with E-state index >= 15 is 0 Å². The Morgan fingerprint density at radius 1 is 0.767 bits per heavy atom. The standard InChI is InChI=1S/C22H22N4O4/c1-15-4-8-17(9-5-15)25-22(29)26-18-10-6-16(7-11-18)20(27)23-12-13-24-21(28)19-3-2-14-30-19/h2-11,14H,12-13H2,1H3,(H,23,27)(H,24,28)(H2,25,26,29). The van der Waals surface area contributed by atoms with Crippen LogP contribution in [-0.2, 0) is 0 Å². The van der Waals surface area contributed by atoms with Crippen molar-refractivity contribution in [1.82, 2.24) is 10.6 Å². The van der Waals surface area contributed by atoms with Crippen molar-refractivity contribution in [3.63, 3.8) is 0 Å². The van der Waals surface area contributed by atoms with E-state index in [0.29, 0.717) is 16.9 Å². The number of benzene rings is 2. The Hall–Kier alpha value is -4.07. The van der Waals surface area contributed by atoms with Gasteiger partial charge in [-0.25, -0.2) is 4.79 Å². The number of rotatable bonds is 7. The lowest BCUT2D eigenvalue weighted by molar-refractivity contribution is 0.0910. The number of carbonyl (C=O) groups excluding carboxylic acids is 3. The number of amides is 4. The fourth-order valence-corrected chi connectivity index (χ4v) is 2.58. The van der Waals surface area contributed by atoms with E-state index in [-0.39, 0.29) is 36.7 Å². The molecule has 0 unspecified atom stereocenters. The van der Waals surface area contributed by atoms with Crippen molar-refractivity contribution in [1.29, 1.82) is 0 Å². The van der Waals surface area contributed by atoms with Crippen molar-refractivity contribution in [2.24, 2.45) is 0 Å². The van der Waals surface area contributed by atoms with Crippen molar-refractivity contribution < 1.29 is 18.8 Å². The third-order valence-electron chi connectivity index (χ3n) is 4.16. The summed E-state index contributed by atoms with van der Waals surface area (Å²) in [6, 6.07) is 16.8. The lowest BCUT2D eigenvalue weighted by Gasteiger charge is -2.09. The lowest BCUT2D eigenvalue weighted by Crippen LogP contribution is -2.34. The average Bonchev–Trinajstić information content (AvgIpc) is 3.28. The maximum atomic E-state index is 12.2. The van der Waals surface area contributed by atoms with E-state index < -0.39 is 0 Å². The van der Waals surface area contributed by atoms with E-state index in [1.54, 1.807) is 36.4 Å². The molecule has 0 saturated carbocycles. The molecule has 0 aliphatic carbocycles. The quantitative estimate of drug-likeness (QED) is 0.451. The maximum absolute atomic E-state index is 12.2. The monoisotopic (exact) mass is 406 g/mol. The predicted molar refractivity (Wildman–Crippen MR) is 114 cm³/mol. The molecule has 1 aromatic heterocycles. The molecule has 0 saturated heterocycles. The minimum absolute atomic E-state index is 0.218. The highest BCUT2D eigenvalue weighted by Gasteiger charge is 2.09. The molecule has 1 heterocycles. The van der Waals surface area contributed by atoms with E-state index in [4.69, 9.17) is 4.42 Å². The molecule has 0 spiro atoms. The van der Waals surface area contributed by atoms with E-state index in [9.17, 15) is 14.4 Å². The van der Waals surface area contributed by atoms with Crippen molar-refractivity contribution in [2.75, 3.05) is 23.7 Å². The second kappa shape index (κ2) is 9.92. The minimum atomic E-state index is -0.372. The Bertz CT molecular complexity index is 997. The van der Waals surface area contributed by atoms with Crippen LogP contribution in [-0.4, -0.2) is 30.9 Å². The van der Waals surface area contributed by atoms with Crippen LogP contribution in [0.1, 0.15) is 26.5 Å². The zero-order valence-corrected chi connectivity index (χ0v) is 16.4. The summed E-state index contributed by atoms with van der Waals surface area (Å²) in [5, 5.41) is 10.8. The number of aryl methyl sites for hydroxylation is 1. The van der Waals surface area contributed by atoms with E-state index in [1.165, 1.54) is 6.26 Å². The van der Waals surface area contributed by atoms with Crippen molar-refractivity contribution in [2.45, 2.75) is 6.92 Å². The van der Waals surface area contributed by atoms with Crippen LogP contribution >= 0.6 is 0 Å². The van der Waals surface area contributed by atoms with Crippen LogP contribution in [0, 0.1) is 6.92 Å². The number of hydrogen-bond donors (Lipinski definition) is 4. The summed E-state index contributed by atoms with van der Waals surface area (Å²) in [7, 11) is 0. The molecule has 0 bridgehead atoms. The molecule has 2 aromatic carbocycles. The molecule has 8 nitrogen and oxygen atoms in total. The summed E-state index contributed by atoms with van der Waals surface area (Å²) in [5.41, 5.74) is 2.79. The van der Waals surface area contributed by atoms with Gasteiger partial charge in [-0.2, -0.15) is 0 Å². The van der Waals surface area contributed by atoms with Gasteiger partial charge in [-0.1, -0.05) is 17.7 Å². The number of carbonyl (C=O) groups is 3. The summed E-state index contributed by atoms with van der Waals surface area (Å²) in [6.07, 6.45) is 1.42. The van der Waals surface area contributed by atoms with Gasteiger partial charge in [-0.15, -0.1) is 0 Å². The topological polar surface area (TPSA) is 112 Å². The van der Waals surface area contributed by atoms with Gasteiger partial charge in [0.05, 0.1) is 6.26 Å². The summed E-state index contributed by atoms with van der Waals surface area (Å²) in [6.45, 7) is 2.51. The SMILES string of the molecule is Cc1ccc(NC(=O)Nc2ccc(C(=O)NCCNC(=O)c3ccco3)cc2)cc1. The number of anilines is 2.